The van der Waals surface area contributed by atoms with Gasteiger partial charge < -0.3 is 10.2 Å². The van der Waals surface area contributed by atoms with E-state index in [-0.39, 0.29) is 41.6 Å². The lowest BCUT2D eigenvalue weighted by molar-refractivity contribution is 0.0633. The van der Waals surface area contributed by atoms with Gasteiger partial charge in [0, 0.05) is 32.2 Å². The van der Waals surface area contributed by atoms with Gasteiger partial charge in [-0.2, -0.15) is 0 Å². The molecule has 0 saturated carbocycles. The van der Waals surface area contributed by atoms with Crippen molar-refractivity contribution in [2.24, 2.45) is 0 Å². The highest BCUT2D eigenvalue weighted by atomic mass is 35.5. The topological polar surface area (TPSA) is 69.7 Å². The van der Waals surface area contributed by atoms with Crippen LogP contribution in [0.3, 0.4) is 0 Å². The van der Waals surface area contributed by atoms with Gasteiger partial charge in [0.05, 0.1) is 17.2 Å². The van der Waals surface area contributed by atoms with Crippen molar-refractivity contribution in [2.75, 3.05) is 26.7 Å². The van der Waals surface area contributed by atoms with E-state index in [0.29, 0.717) is 36.3 Å². The number of amides is 3. The first-order valence-electron chi connectivity index (χ1n) is 8.71. The molecule has 146 valence electrons. The Kier molecular flexibility index (Phi) is 5.49. The van der Waals surface area contributed by atoms with Crippen molar-refractivity contribution >= 4 is 30.1 Å². The number of imide groups is 1. The maximum absolute atomic E-state index is 13.6. The Hall–Kier alpha value is -2.77. The fourth-order valence-corrected chi connectivity index (χ4v) is 3.62. The summed E-state index contributed by atoms with van der Waals surface area (Å²) in [5.41, 5.74) is 1.60. The quantitative estimate of drug-likeness (QED) is 0.781. The lowest BCUT2D eigenvalue weighted by atomic mass is 10.00. The van der Waals surface area contributed by atoms with E-state index in [9.17, 15) is 18.8 Å². The maximum Gasteiger partial charge on any atom is 0.261 e. The van der Waals surface area contributed by atoms with Gasteiger partial charge >= 0.3 is 0 Å². The summed E-state index contributed by atoms with van der Waals surface area (Å²) in [5, 5.41) is 3.23. The predicted octanol–water partition coefficient (Wildman–Crippen LogP) is 2.26. The molecule has 1 saturated heterocycles. The molecule has 4 rings (SSSR count). The molecule has 0 spiro atoms. The van der Waals surface area contributed by atoms with E-state index in [2.05, 4.69) is 5.32 Å². The molecular weight excluding hydrogens is 385 g/mol. The zero-order valence-corrected chi connectivity index (χ0v) is 16.0. The number of hydrogen-bond donors (Lipinski definition) is 1. The molecule has 2 aromatic carbocycles. The zero-order chi connectivity index (χ0) is 19.1. The Morgan fingerprint density at radius 1 is 1.11 bits per heavy atom. The summed E-state index contributed by atoms with van der Waals surface area (Å²) in [7, 11) is 1.42. The van der Waals surface area contributed by atoms with E-state index < -0.39 is 5.91 Å². The van der Waals surface area contributed by atoms with Gasteiger partial charge in [0.2, 0.25) is 0 Å². The van der Waals surface area contributed by atoms with Crippen molar-refractivity contribution in [3.63, 3.8) is 0 Å². The van der Waals surface area contributed by atoms with Gasteiger partial charge in [-0.1, -0.05) is 12.1 Å². The van der Waals surface area contributed by atoms with Crippen LogP contribution >= 0.6 is 12.4 Å². The molecule has 1 N–H and O–H groups in total. The molecule has 8 heteroatoms. The molecule has 2 aromatic rings. The second kappa shape index (κ2) is 7.69. The average Bonchev–Trinajstić information content (AvgIpc) is 2.91. The van der Waals surface area contributed by atoms with Crippen molar-refractivity contribution in [2.45, 2.75) is 6.04 Å². The fourth-order valence-electron chi connectivity index (χ4n) is 3.62. The van der Waals surface area contributed by atoms with Crippen LogP contribution in [0.1, 0.15) is 42.7 Å². The van der Waals surface area contributed by atoms with E-state index in [4.69, 9.17) is 0 Å². The number of fused-ring (bicyclic) bond motifs is 1. The summed E-state index contributed by atoms with van der Waals surface area (Å²) >= 11 is 0. The van der Waals surface area contributed by atoms with E-state index in [1.165, 1.54) is 31.3 Å². The number of piperazine rings is 1. The molecule has 1 atom stereocenters. The van der Waals surface area contributed by atoms with Crippen molar-refractivity contribution in [1.82, 2.24) is 15.1 Å². The molecule has 2 aliphatic rings. The summed E-state index contributed by atoms with van der Waals surface area (Å²) < 4.78 is 13.6. The molecule has 0 aromatic heterocycles. The van der Waals surface area contributed by atoms with Crippen LogP contribution in [0.15, 0.2) is 42.5 Å². The predicted molar refractivity (Wildman–Crippen MR) is 103 cm³/mol. The van der Waals surface area contributed by atoms with Gasteiger partial charge in [-0.15, -0.1) is 12.4 Å². The van der Waals surface area contributed by atoms with Crippen LogP contribution in [0, 0.1) is 5.82 Å². The van der Waals surface area contributed by atoms with Crippen LogP contribution in [0.2, 0.25) is 0 Å². The molecule has 28 heavy (non-hydrogen) atoms. The highest BCUT2D eigenvalue weighted by Gasteiger charge is 2.35. The number of nitrogens with zero attached hydrogens (tertiary/aromatic N) is 2. The molecule has 2 heterocycles. The standard InChI is InChI=1S/C20H18FN3O3.ClH/c1-23-19(26)15-6-5-13(10-16(15)20(23)27)18(25)24-8-7-22-11-17(24)12-3-2-4-14(21)9-12;/h2-6,9-10,17,22H,7-8,11H2,1H3;1H. The van der Waals surface area contributed by atoms with Crippen LogP contribution in [0.4, 0.5) is 4.39 Å². The highest BCUT2D eigenvalue weighted by molar-refractivity contribution is 6.21. The summed E-state index contributed by atoms with van der Waals surface area (Å²) in [6.07, 6.45) is 0. The SMILES string of the molecule is CN1C(=O)c2ccc(C(=O)N3CCNCC3c3cccc(F)c3)cc2C1=O.Cl. The van der Waals surface area contributed by atoms with Crippen molar-refractivity contribution in [3.8, 4) is 0 Å². The van der Waals surface area contributed by atoms with Crippen LogP contribution < -0.4 is 5.32 Å². The minimum atomic E-state index is -0.411. The number of halogens is 2. The van der Waals surface area contributed by atoms with Crippen LogP contribution in [0.25, 0.3) is 0 Å². The van der Waals surface area contributed by atoms with Crippen molar-refractivity contribution in [3.05, 3.63) is 70.5 Å². The normalized spacial score (nSPS) is 18.7. The van der Waals surface area contributed by atoms with E-state index in [0.717, 1.165) is 4.90 Å². The minimum Gasteiger partial charge on any atom is -0.329 e. The summed E-state index contributed by atoms with van der Waals surface area (Å²) in [5.74, 6) is -1.38. The highest BCUT2D eigenvalue weighted by Crippen LogP contribution is 2.27. The molecular formula is C20H19ClFN3O3. The number of hydrogen-bond acceptors (Lipinski definition) is 4. The minimum absolute atomic E-state index is 0. The number of benzene rings is 2. The Balaban J connectivity index is 0.00000225. The van der Waals surface area contributed by atoms with Gasteiger partial charge in [-0.25, -0.2) is 4.39 Å². The second-order valence-electron chi connectivity index (χ2n) is 6.70. The van der Waals surface area contributed by atoms with Gasteiger partial charge in [-0.3, -0.25) is 19.3 Å². The largest absolute Gasteiger partial charge is 0.329 e. The van der Waals surface area contributed by atoms with Gasteiger partial charge in [0.15, 0.2) is 0 Å². The first-order chi connectivity index (χ1) is 13.0. The Labute approximate surface area is 167 Å². The van der Waals surface area contributed by atoms with E-state index >= 15 is 0 Å². The zero-order valence-electron chi connectivity index (χ0n) is 15.1. The third-order valence-corrected chi connectivity index (χ3v) is 5.07. The number of rotatable bonds is 2. The Morgan fingerprint density at radius 3 is 2.61 bits per heavy atom. The van der Waals surface area contributed by atoms with Crippen LogP contribution in [-0.2, 0) is 0 Å². The van der Waals surface area contributed by atoms with Gasteiger partial charge in [0.1, 0.15) is 5.82 Å². The van der Waals surface area contributed by atoms with Gasteiger partial charge in [0.25, 0.3) is 17.7 Å². The maximum atomic E-state index is 13.6. The molecule has 0 aliphatic carbocycles. The summed E-state index contributed by atoms with van der Waals surface area (Å²) in [4.78, 5) is 40.1. The van der Waals surface area contributed by atoms with Gasteiger partial charge in [-0.05, 0) is 35.9 Å². The molecule has 0 radical (unpaired) electrons. The van der Waals surface area contributed by atoms with Crippen LogP contribution in [-0.4, -0.2) is 54.2 Å². The lowest BCUT2D eigenvalue weighted by Crippen LogP contribution is -2.48. The van der Waals surface area contributed by atoms with Crippen molar-refractivity contribution < 1.29 is 18.8 Å². The monoisotopic (exact) mass is 403 g/mol. The van der Waals surface area contributed by atoms with Crippen LogP contribution in [0.5, 0.6) is 0 Å². The number of carbonyl (C=O) groups is 3. The third kappa shape index (κ3) is 3.27. The van der Waals surface area contributed by atoms with Crippen molar-refractivity contribution in [1.29, 1.82) is 0 Å². The first kappa shape index (κ1) is 20.0. The molecule has 2 aliphatic heterocycles. The number of nitrogens with one attached hydrogen (secondary N) is 1. The molecule has 6 nitrogen and oxygen atoms in total. The third-order valence-electron chi connectivity index (χ3n) is 5.07. The number of carbonyl (C=O) groups excluding carboxylic acids is 3. The smallest absolute Gasteiger partial charge is 0.261 e. The average molecular weight is 404 g/mol. The summed E-state index contributed by atoms with van der Waals surface area (Å²) in [6, 6.07) is 10.5. The molecule has 3 amide bonds. The fraction of sp³-hybridized carbons (Fsp3) is 0.250. The second-order valence-corrected chi connectivity index (χ2v) is 6.70. The Bertz CT molecular complexity index is 965. The molecule has 0 bridgehead atoms. The molecule has 1 unspecified atom stereocenters. The summed E-state index contributed by atoms with van der Waals surface area (Å²) in [6.45, 7) is 1.60. The lowest BCUT2D eigenvalue weighted by Gasteiger charge is -2.36. The molecule has 1 fully saturated rings. The Morgan fingerprint density at radius 2 is 1.86 bits per heavy atom. The van der Waals surface area contributed by atoms with E-state index in [1.807, 2.05) is 0 Å². The first-order valence-corrected chi connectivity index (χ1v) is 8.71. The van der Waals surface area contributed by atoms with E-state index in [1.54, 1.807) is 23.1 Å².